The molecule has 1 amide bonds. The average Bonchev–Trinajstić information content (AvgIpc) is 2.67. The van der Waals surface area contributed by atoms with Crippen molar-refractivity contribution in [1.82, 2.24) is 19.8 Å². The van der Waals surface area contributed by atoms with Crippen molar-refractivity contribution in [2.75, 3.05) is 38.0 Å². The molecule has 1 aliphatic rings. The van der Waals surface area contributed by atoms with E-state index in [9.17, 15) is 4.79 Å². The summed E-state index contributed by atoms with van der Waals surface area (Å²) in [6, 6.07) is 7.59. The number of benzene rings is 1. The number of nitrogens with one attached hydrogen (secondary N) is 1. The van der Waals surface area contributed by atoms with Gasteiger partial charge in [-0.3, -0.25) is 4.79 Å². The van der Waals surface area contributed by atoms with E-state index in [1.54, 1.807) is 12.4 Å². The smallest absolute Gasteiger partial charge is 0.257 e. The number of hydrogen-bond donors (Lipinski definition) is 1. The van der Waals surface area contributed by atoms with Crippen molar-refractivity contribution in [2.24, 2.45) is 0 Å². The zero-order valence-corrected chi connectivity index (χ0v) is 15.0. The van der Waals surface area contributed by atoms with Crippen molar-refractivity contribution in [3.63, 3.8) is 0 Å². The van der Waals surface area contributed by atoms with Gasteiger partial charge in [0.05, 0.1) is 5.56 Å². The second-order valence-corrected chi connectivity index (χ2v) is 6.44. The maximum atomic E-state index is 12.5. The highest BCUT2D eigenvalue weighted by atomic mass is 35.5. The molecule has 0 atom stereocenters. The van der Waals surface area contributed by atoms with Gasteiger partial charge in [-0.1, -0.05) is 30.7 Å². The molecule has 0 aliphatic carbocycles. The lowest BCUT2D eigenvalue weighted by molar-refractivity contribution is 0.0642. The monoisotopic (exact) mass is 359 g/mol. The molecule has 25 heavy (non-hydrogen) atoms. The Kier molecular flexibility index (Phi) is 5.83. The van der Waals surface area contributed by atoms with Crippen molar-refractivity contribution in [3.05, 3.63) is 52.8 Å². The summed E-state index contributed by atoms with van der Waals surface area (Å²) in [6.45, 7) is 7.11. The Labute approximate surface area is 152 Å². The van der Waals surface area contributed by atoms with E-state index in [1.807, 2.05) is 29.2 Å². The fraction of sp³-hybridized carbons (Fsp3) is 0.389. The second kappa shape index (κ2) is 8.27. The van der Waals surface area contributed by atoms with Crippen LogP contribution in [-0.2, 0) is 6.54 Å². The maximum absolute atomic E-state index is 12.5. The third-order valence-electron chi connectivity index (χ3n) is 4.37. The molecule has 0 bridgehead atoms. The van der Waals surface area contributed by atoms with Crippen LogP contribution in [0.4, 0.5) is 5.95 Å². The lowest BCUT2D eigenvalue weighted by Crippen LogP contribution is -2.48. The molecule has 1 aromatic carbocycles. The Bertz CT molecular complexity index is 696. The van der Waals surface area contributed by atoms with Gasteiger partial charge >= 0.3 is 0 Å². The van der Waals surface area contributed by atoms with Crippen LogP contribution in [0.5, 0.6) is 0 Å². The van der Waals surface area contributed by atoms with E-state index in [4.69, 9.17) is 11.6 Å². The van der Waals surface area contributed by atoms with Gasteiger partial charge < -0.3 is 15.1 Å². The fourth-order valence-electron chi connectivity index (χ4n) is 2.76. The Morgan fingerprint density at radius 1 is 1.12 bits per heavy atom. The van der Waals surface area contributed by atoms with E-state index in [-0.39, 0.29) is 5.91 Å². The molecule has 6 nitrogen and oxygen atoms in total. The zero-order chi connectivity index (χ0) is 17.6. The van der Waals surface area contributed by atoms with Crippen LogP contribution in [0, 0.1) is 0 Å². The third kappa shape index (κ3) is 4.67. The predicted octanol–water partition coefficient (Wildman–Crippen LogP) is 2.52. The minimum absolute atomic E-state index is 0.00000399. The molecule has 7 heteroatoms. The van der Waals surface area contributed by atoms with Gasteiger partial charge in [0.15, 0.2) is 0 Å². The fourth-order valence-corrected chi connectivity index (χ4v) is 2.89. The zero-order valence-electron chi connectivity index (χ0n) is 14.3. The van der Waals surface area contributed by atoms with Gasteiger partial charge in [0.2, 0.25) is 5.95 Å². The topological polar surface area (TPSA) is 61.4 Å². The molecule has 1 N–H and O–H groups in total. The van der Waals surface area contributed by atoms with Crippen LogP contribution in [-0.4, -0.2) is 58.4 Å². The molecule has 0 radical (unpaired) electrons. The summed E-state index contributed by atoms with van der Waals surface area (Å²) in [5.74, 6) is 0.502. The van der Waals surface area contributed by atoms with Crippen molar-refractivity contribution in [3.8, 4) is 0 Å². The molecule has 132 valence electrons. The number of halogens is 1. The molecule has 2 heterocycles. The van der Waals surface area contributed by atoms with Gasteiger partial charge in [-0.2, -0.15) is 0 Å². The summed E-state index contributed by atoms with van der Waals surface area (Å²) < 4.78 is 0. The van der Waals surface area contributed by atoms with Crippen LogP contribution in [0.25, 0.3) is 0 Å². The SMILES string of the molecule is CCN1CCN(C(=O)c2cnc(NCc3ccc(Cl)cc3)nc2)CC1. The van der Waals surface area contributed by atoms with Gasteiger partial charge in [0.1, 0.15) is 0 Å². The first-order valence-corrected chi connectivity index (χ1v) is 8.85. The van der Waals surface area contributed by atoms with E-state index in [1.165, 1.54) is 0 Å². The summed E-state index contributed by atoms with van der Waals surface area (Å²) >= 11 is 5.87. The molecule has 0 unspecified atom stereocenters. The van der Waals surface area contributed by atoms with Gasteiger partial charge in [0.25, 0.3) is 5.91 Å². The minimum Gasteiger partial charge on any atom is -0.350 e. The lowest BCUT2D eigenvalue weighted by atomic mass is 10.2. The van der Waals surface area contributed by atoms with Crippen molar-refractivity contribution in [1.29, 1.82) is 0 Å². The van der Waals surface area contributed by atoms with Crippen LogP contribution in [0.15, 0.2) is 36.7 Å². The van der Waals surface area contributed by atoms with Gasteiger partial charge in [0, 0.05) is 50.1 Å². The van der Waals surface area contributed by atoms with Gasteiger partial charge in [-0.15, -0.1) is 0 Å². The number of aromatic nitrogens is 2. The number of hydrogen-bond acceptors (Lipinski definition) is 5. The molecule has 0 spiro atoms. The Morgan fingerprint density at radius 2 is 1.76 bits per heavy atom. The number of nitrogens with zero attached hydrogens (tertiary/aromatic N) is 4. The predicted molar refractivity (Wildman–Crippen MR) is 98.8 cm³/mol. The van der Waals surface area contributed by atoms with E-state index >= 15 is 0 Å². The molecule has 2 aromatic rings. The first kappa shape index (κ1) is 17.6. The molecule has 1 aliphatic heterocycles. The summed E-state index contributed by atoms with van der Waals surface area (Å²) in [6.07, 6.45) is 3.18. The highest BCUT2D eigenvalue weighted by Gasteiger charge is 2.21. The molecular weight excluding hydrogens is 338 g/mol. The minimum atomic E-state index is 0.00000399. The van der Waals surface area contributed by atoms with Crippen molar-refractivity contribution >= 4 is 23.5 Å². The highest BCUT2D eigenvalue weighted by Crippen LogP contribution is 2.12. The first-order valence-electron chi connectivity index (χ1n) is 8.47. The number of likely N-dealkylation sites (N-methyl/N-ethyl adjacent to an activating group) is 1. The van der Waals surface area contributed by atoms with Gasteiger partial charge in [-0.25, -0.2) is 9.97 Å². The molecule has 1 saturated heterocycles. The number of rotatable bonds is 5. The number of anilines is 1. The Hall–Kier alpha value is -2.18. The molecule has 0 saturated carbocycles. The molecular formula is C18H22ClN5O. The van der Waals surface area contributed by atoms with E-state index in [0.717, 1.165) is 38.3 Å². The van der Waals surface area contributed by atoms with Crippen molar-refractivity contribution in [2.45, 2.75) is 13.5 Å². The molecule has 3 rings (SSSR count). The summed E-state index contributed by atoms with van der Waals surface area (Å²) in [4.78, 5) is 25.2. The van der Waals surface area contributed by atoms with Crippen molar-refractivity contribution < 1.29 is 4.79 Å². The first-order chi connectivity index (χ1) is 12.2. The summed E-state index contributed by atoms with van der Waals surface area (Å²) in [7, 11) is 0. The van der Waals surface area contributed by atoms with E-state index in [2.05, 4.69) is 27.1 Å². The van der Waals surface area contributed by atoms with Crippen LogP contribution >= 0.6 is 11.6 Å². The molecule has 1 aromatic heterocycles. The van der Waals surface area contributed by atoms with Crippen LogP contribution < -0.4 is 5.32 Å². The Balaban J connectivity index is 1.54. The summed E-state index contributed by atoms with van der Waals surface area (Å²) in [5.41, 5.74) is 1.61. The van der Waals surface area contributed by atoms with E-state index < -0.39 is 0 Å². The quantitative estimate of drug-likeness (QED) is 0.888. The van der Waals surface area contributed by atoms with E-state index in [0.29, 0.717) is 23.1 Å². The number of amides is 1. The van der Waals surface area contributed by atoms with Gasteiger partial charge in [-0.05, 0) is 24.2 Å². The average molecular weight is 360 g/mol. The largest absolute Gasteiger partial charge is 0.350 e. The second-order valence-electron chi connectivity index (χ2n) is 6.00. The van der Waals surface area contributed by atoms with Crippen LogP contribution in [0.1, 0.15) is 22.8 Å². The third-order valence-corrected chi connectivity index (χ3v) is 4.62. The highest BCUT2D eigenvalue weighted by molar-refractivity contribution is 6.30. The Morgan fingerprint density at radius 3 is 2.36 bits per heavy atom. The number of carbonyl (C=O) groups excluding carboxylic acids is 1. The summed E-state index contributed by atoms with van der Waals surface area (Å²) in [5, 5.41) is 3.85. The lowest BCUT2D eigenvalue weighted by Gasteiger charge is -2.33. The normalized spacial score (nSPS) is 15.2. The van der Waals surface area contributed by atoms with Crippen LogP contribution in [0.2, 0.25) is 5.02 Å². The number of piperazine rings is 1. The molecule has 1 fully saturated rings. The maximum Gasteiger partial charge on any atom is 0.257 e. The standard InChI is InChI=1S/C18H22ClN5O/c1-2-23-7-9-24(10-8-23)17(25)15-12-21-18(22-13-15)20-11-14-3-5-16(19)6-4-14/h3-6,12-13H,2,7-11H2,1H3,(H,20,21,22). The van der Waals surface area contributed by atoms with Crippen LogP contribution in [0.3, 0.4) is 0 Å². The number of carbonyl (C=O) groups is 1.